The van der Waals surface area contributed by atoms with Gasteiger partial charge in [-0.15, -0.1) is 0 Å². The third-order valence-electron chi connectivity index (χ3n) is 7.55. The fourth-order valence-electron chi connectivity index (χ4n) is 6.17. The molecule has 3 aromatic rings. The van der Waals surface area contributed by atoms with E-state index in [0.717, 1.165) is 6.54 Å². The van der Waals surface area contributed by atoms with Gasteiger partial charge in [0.25, 0.3) is 0 Å². The second-order valence-corrected chi connectivity index (χ2v) is 8.82. The Kier molecular flexibility index (Phi) is 5.09. The van der Waals surface area contributed by atoms with Crippen molar-refractivity contribution in [2.24, 2.45) is 11.8 Å². The topological polar surface area (TPSA) is 61.7 Å². The first-order valence-electron chi connectivity index (χ1n) is 11.0. The Morgan fingerprint density at radius 1 is 0.806 bits per heavy atom. The highest BCUT2D eigenvalue weighted by Gasteiger charge is 2.63. The Bertz CT molecular complexity index is 999. The largest absolute Gasteiger partial charge is 0.496 e. The third-order valence-corrected chi connectivity index (χ3v) is 7.55. The molecule has 1 heterocycles. The van der Waals surface area contributed by atoms with E-state index in [0.29, 0.717) is 24.3 Å². The number of benzene rings is 3. The molecule has 5 rings (SSSR count). The van der Waals surface area contributed by atoms with Gasteiger partial charge in [-0.25, -0.2) is 0 Å². The van der Waals surface area contributed by atoms with Crippen molar-refractivity contribution in [3.8, 4) is 5.75 Å². The van der Waals surface area contributed by atoms with Crippen LogP contribution in [0.5, 0.6) is 5.75 Å². The van der Waals surface area contributed by atoms with Crippen LogP contribution in [-0.2, 0) is 11.0 Å². The first kappa shape index (κ1) is 20.3. The second-order valence-electron chi connectivity index (χ2n) is 8.82. The number of para-hydroxylation sites is 1. The van der Waals surface area contributed by atoms with Gasteiger partial charge in [0, 0.05) is 23.4 Å². The predicted molar refractivity (Wildman–Crippen MR) is 121 cm³/mol. The molecule has 4 atom stereocenters. The summed E-state index contributed by atoms with van der Waals surface area (Å²) in [5.74, 6) is 0.546. The number of hydrogen-bond acceptors (Lipinski definition) is 4. The molecule has 1 aliphatic heterocycles. The summed E-state index contributed by atoms with van der Waals surface area (Å²) in [6.07, 6.45) is -0.524. The average Bonchev–Trinajstić information content (AvgIpc) is 3.34. The molecule has 3 unspecified atom stereocenters. The molecule has 1 saturated heterocycles. The second kappa shape index (κ2) is 7.79. The molecule has 4 nitrogen and oxygen atoms in total. The number of aliphatic hydroxyl groups is 2. The van der Waals surface area contributed by atoms with E-state index >= 15 is 0 Å². The van der Waals surface area contributed by atoms with Crippen LogP contribution in [0.25, 0.3) is 0 Å². The highest BCUT2D eigenvalue weighted by molar-refractivity contribution is 5.47. The van der Waals surface area contributed by atoms with Gasteiger partial charge in [0.1, 0.15) is 11.4 Å². The van der Waals surface area contributed by atoms with Crippen molar-refractivity contribution in [1.29, 1.82) is 0 Å². The highest BCUT2D eigenvalue weighted by atomic mass is 16.5. The van der Waals surface area contributed by atoms with E-state index in [-0.39, 0.29) is 11.8 Å². The van der Waals surface area contributed by atoms with Crippen molar-refractivity contribution in [1.82, 2.24) is 5.32 Å². The standard InChI is InChI=1S/C27H29NO3/c1-31-24-15-9-8-14-21(24)27(30)23-18-28-17-22(23)26(16-25(27)29,19-10-4-2-5-11-19)20-12-6-3-7-13-20/h2-15,22-23,25,28-30H,16-18H2,1H3/t22-,23?,25?,27?/m0/s1. The lowest BCUT2D eigenvalue weighted by molar-refractivity contribution is -0.167. The number of aliphatic hydroxyl groups excluding tert-OH is 1. The van der Waals surface area contributed by atoms with Crippen molar-refractivity contribution < 1.29 is 14.9 Å². The molecule has 160 valence electrons. The van der Waals surface area contributed by atoms with Crippen LogP contribution in [0.2, 0.25) is 0 Å². The summed E-state index contributed by atoms with van der Waals surface area (Å²) < 4.78 is 5.59. The molecule has 0 bridgehead atoms. The molecular formula is C27H29NO3. The molecule has 31 heavy (non-hydrogen) atoms. The Morgan fingerprint density at radius 3 is 1.97 bits per heavy atom. The summed E-state index contributed by atoms with van der Waals surface area (Å²) in [6.45, 7) is 1.41. The first-order chi connectivity index (χ1) is 15.1. The van der Waals surface area contributed by atoms with Gasteiger partial charge in [0.15, 0.2) is 0 Å². The van der Waals surface area contributed by atoms with Crippen LogP contribution in [0.4, 0.5) is 0 Å². The van der Waals surface area contributed by atoms with E-state index in [1.807, 2.05) is 36.4 Å². The maximum absolute atomic E-state index is 12.1. The fourth-order valence-corrected chi connectivity index (χ4v) is 6.17. The van der Waals surface area contributed by atoms with Gasteiger partial charge in [0.2, 0.25) is 0 Å². The molecule has 3 N–H and O–H groups in total. The molecule has 4 heteroatoms. The van der Waals surface area contributed by atoms with E-state index in [2.05, 4.69) is 53.8 Å². The minimum atomic E-state index is -1.40. The summed E-state index contributed by atoms with van der Waals surface area (Å²) >= 11 is 0. The molecule has 3 aromatic carbocycles. The normalized spacial score (nSPS) is 29.3. The Labute approximate surface area is 183 Å². The Balaban J connectivity index is 1.72. The van der Waals surface area contributed by atoms with Crippen LogP contribution in [0.15, 0.2) is 84.9 Å². The number of hydrogen-bond donors (Lipinski definition) is 3. The van der Waals surface area contributed by atoms with Gasteiger partial charge in [0.05, 0.1) is 13.2 Å². The number of ether oxygens (including phenoxy) is 1. The summed E-state index contributed by atoms with van der Waals surface area (Å²) in [4.78, 5) is 0. The lowest BCUT2D eigenvalue weighted by atomic mass is 9.51. The molecule has 2 aliphatic rings. The number of rotatable bonds is 4. The first-order valence-corrected chi connectivity index (χ1v) is 11.0. The monoisotopic (exact) mass is 415 g/mol. The van der Waals surface area contributed by atoms with Crippen LogP contribution in [-0.4, -0.2) is 36.5 Å². The molecule has 0 aromatic heterocycles. The van der Waals surface area contributed by atoms with Gasteiger partial charge in [-0.05, 0) is 36.1 Å². The number of nitrogens with one attached hydrogen (secondary N) is 1. The van der Waals surface area contributed by atoms with Gasteiger partial charge in [-0.2, -0.15) is 0 Å². The summed E-state index contributed by atoms with van der Waals surface area (Å²) in [7, 11) is 1.61. The maximum Gasteiger partial charge on any atom is 0.125 e. The Hall–Kier alpha value is -2.66. The minimum Gasteiger partial charge on any atom is -0.496 e. The van der Waals surface area contributed by atoms with Gasteiger partial charge >= 0.3 is 0 Å². The Morgan fingerprint density at radius 2 is 1.35 bits per heavy atom. The quantitative estimate of drug-likeness (QED) is 0.611. The van der Waals surface area contributed by atoms with Gasteiger partial charge in [-0.3, -0.25) is 0 Å². The average molecular weight is 416 g/mol. The van der Waals surface area contributed by atoms with Crippen LogP contribution in [0.1, 0.15) is 23.1 Å². The maximum atomic E-state index is 12.1. The lowest BCUT2D eigenvalue weighted by Gasteiger charge is -2.55. The lowest BCUT2D eigenvalue weighted by Crippen LogP contribution is -2.60. The van der Waals surface area contributed by atoms with E-state index in [9.17, 15) is 10.2 Å². The zero-order chi connectivity index (χ0) is 21.5. The number of methoxy groups -OCH3 is 1. The van der Waals surface area contributed by atoms with Gasteiger partial charge in [-0.1, -0.05) is 78.9 Å². The molecule has 0 amide bonds. The molecule has 1 aliphatic carbocycles. The summed E-state index contributed by atoms with van der Waals surface area (Å²) in [5, 5.41) is 27.4. The smallest absolute Gasteiger partial charge is 0.125 e. The van der Waals surface area contributed by atoms with E-state index in [4.69, 9.17) is 4.74 Å². The van der Waals surface area contributed by atoms with Crippen LogP contribution in [0.3, 0.4) is 0 Å². The van der Waals surface area contributed by atoms with Crippen LogP contribution in [0, 0.1) is 11.8 Å². The summed E-state index contributed by atoms with van der Waals surface area (Å²) in [6, 6.07) is 28.4. The highest BCUT2D eigenvalue weighted by Crippen LogP contribution is 2.58. The van der Waals surface area contributed by atoms with Crippen molar-refractivity contribution in [2.75, 3.05) is 20.2 Å². The van der Waals surface area contributed by atoms with Crippen molar-refractivity contribution in [2.45, 2.75) is 23.5 Å². The number of fused-ring (bicyclic) bond motifs is 1. The SMILES string of the molecule is COc1ccccc1C1(O)C(O)CC(c2ccccc2)(c2ccccc2)[C@H]2CNCC21. The van der Waals surface area contributed by atoms with E-state index < -0.39 is 17.1 Å². The van der Waals surface area contributed by atoms with E-state index in [1.54, 1.807) is 7.11 Å². The fraction of sp³-hybridized carbons (Fsp3) is 0.333. The molecule has 2 fully saturated rings. The van der Waals surface area contributed by atoms with Crippen LogP contribution < -0.4 is 10.1 Å². The molecular weight excluding hydrogens is 386 g/mol. The third kappa shape index (κ3) is 2.93. The summed E-state index contributed by atoms with van der Waals surface area (Å²) in [5.41, 5.74) is 1.23. The minimum absolute atomic E-state index is 0.107. The van der Waals surface area contributed by atoms with Crippen molar-refractivity contribution in [3.05, 3.63) is 102 Å². The molecule has 0 radical (unpaired) electrons. The van der Waals surface area contributed by atoms with Crippen molar-refractivity contribution in [3.63, 3.8) is 0 Å². The van der Waals surface area contributed by atoms with Crippen molar-refractivity contribution >= 4 is 0 Å². The zero-order valence-electron chi connectivity index (χ0n) is 17.7. The molecule has 1 saturated carbocycles. The predicted octanol–water partition coefficient (Wildman–Crippen LogP) is 3.47. The van der Waals surface area contributed by atoms with Gasteiger partial charge < -0.3 is 20.3 Å². The zero-order valence-corrected chi connectivity index (χ0v) is 17.7. The van der Waals surface area contributed by atoms with E-state index in [1.165, 1.54) is 11.1 Å². The van der Waals surface area contributed by atoms with Crippen LogP contribution >= 0.6 is 0 Å². The molecule has 0 spiro atoms.